The number of carbonyl (C=O) groups is 2. The van der Waals surface area contributed by atoms with Crippen LogP contribution in [0.2, 0.25) is 0 Å². The van der Waals surface area contributed by atoms with Crippen LogP contribution in [0.25, 0.3) is 0 Å². The number of alkyl halides is 3. The Morgan fingerprint density at radius 1 is 1.08 bits per heavy atom. The van der Waals surface area contributed by atoms with Gasteiger partial charge in [-0.25, -0.2) is 8.42 Å². The average Bonchev–Trinajstić information content (AvgIpc) is 2.83. The minimum Gasteiger partial charge on any atom is -0.497 e. The summed E-state index contributed by atoms with van der Waals surface area (Å²) in [4.78, 5) is 23.8. The van der Waals surface area contributed by atoms with Crippen molar-refractivity contribution in [3.8, 4) is 5.75 Å². The van der Waals surface area contributed by atoms with E-state index in [1.807, 2.05) is 0 Å². The standard InChI is InChI=1S/C24H28F3N3O5S/c1-16(31)28-21(15-17-7-9-19(35-2)10-8-17)23(32)29-18-11-13-30(14-12-18)36(33,34)22-6-4-3-5-20(22)24(25,26)27/h3-10,18,21H,11-15H2,1-2H3,(H,28,31)(H,29,32). The first-order chi connectivity index (χ1) is 16.9. The van der Waals surface area contributed by atoms with E-state index < -0.39 is 44.6 Å². The Kier molecular flexibility index (Phi) is 8.62. The zero-order chi connectivity index (χ0) is 26.5. The summed E-state index contributed by atoms with van der Waals surface area (Å²) in [5, 5.41) is 5.46. The Labute approximate surface area is 207 Å². The van der Waals surface area contributed by atoms with Crippen LogP contribution in [0.4, 0.5) is 13.2 Å². The molecule has 0 aliphatic carbocycles. The summed E-state index contributed by atoms with van der Waals surface area (Å²) in [6.07, 6.45) is -4.14. The number of ether oxygens (including phenoxy) is 1. The number of amides is 2. The summed E-state index contributed by atoms with van der Waals surface area (Å²) >= 11 is 0. The maximum atomic E-state index is 13.3. The van der Waals surface area contributed by atoms with Gasteiger partial charge in [0.25, 0.3) is 0 Å². The second kappa shape index (κ2) is 11.3. The first-order valence-corrected chi connectivity index (χ1v) is 12.7. The van der Waals surface area contributed by atoms with Gasteiger partial charge in [-0.2, -0.15) is 17.5 Å². The Bertz CT molecular complexity index is 1180. The fourth-order valence-corrected chi connectivity index (χ4v) is 5.74. The van der Waals surface area contributed by atoms with Gasteiger partial charge < -0.3 is 15.4 Å². The number of hydrogen-bond acceptors (Lipinski definition) is 5. The highest BCUT2D eigenvalue weighted by Gasteiger charge is 2.39. The average molecular weight is 528 g/mol. The lowest BCUT2D eigenvalue weighted by Crippen LogP contribution is -2.53. The molecule has 0 spiro atoms. The third-order valence-corrected chi connectivity index (χ3v) is 7.86. The third kappa shape index (κ3) is 6.76. The van der Waals surface area contributed by atoms with Gasteiger partial charge in [0.15, 0.2) is 0 Å². The molecule has 0 radical (unpaired) electrons. The second-order valence-corrected chi connectivity index (χ2v) is 10.4. The van der Waals surface area contributed by atoms with Crippen LogP contribution in [0, 0.1) is 0 Å². The molecule has 1 fully saturated rings. The van der Waals surface area contributed by atoms with Crippen molar-refractivity contribution in [1.29, 1.82) is 0 Å². The summed E-state index contributed by atoms with van der Waals surface area (Å²) in [6.45, 7) is 1.20. The highest BCUT2D eigenvalue weighted by Crippen LogP contribution is 2.35. The molecule has 12 heteroatoms. The van der Waals surface area contributed by atoms with Crippen molar-refractivity contribution in [3.63, 3.8) is 0 Å². The number of carbonyl (C=O) groups excluding carboxylic acids is 2. The third-order valence-electron chi connectivity index (χ3n) is 5.90. The van der Waals surface area contributed by atoms with Gasteiger partial charge in [0.2, 0.25) is 21.8 Å². The molecule has 1 aliphatic heterocycles. The molecule has 2 amide bonds. The number of sulfonamides is 1. The number of halogens is 3. The maximum Gasteiger partial charge on any atom is 0.417 e. The van der Waals surface area contributed by atoms with Crippen molar-refractivity contribution in [2.45, 2.75) is 49.3 Å². The van der Waals surface area contributed by atoms with Crippen LogP contribution < -0.4 is 15.4 Å². The molecule has 2 N–H and O–H groups in total. The number of rotatable bonds is 8. The lowest BCUT2D eigenvalue weighted by Gasteiger charge is -2.33. The van der Waals surface area contributed by atoms with Crippen molar-refractivity contribution in [2.75, 3.05) is 20.2 Å². The molecule has 0 aromatic heterocycles. The molecular formula is C24H28F3N3O5S. The fraction of sp³-hybridized carbons (Fsp3) is 0.417. The van der Waals surface area contributed by atoms with Crippen LogP contribution in [0.5, 0.6) is 5.75 Å². The van der Waals surface area contributed by atoms with Crippen molar-refractivity contribution in [2.24, 2.45) is 0 Å². The molecule has 1 atom stereocenters. The second-order valence-electron chi connectivity index (χ2n) is 8.49. The zero-order valence-electron chi connectivity index (χ0n) is 19.8. The smallest absolute Gasteiger partial charge is 0.417 e. The van der Waals surface area contributed by atoms with Crippen LogP contribution in [0.3, 0.4) is 0 Å². The number of methoxy groups -OCH3 is 1. The number of hydrogen-bond donors (Lipinski definition) is 2. The van der Waals surface area contributed by atoms with Gasteiger partial charge in [-0.15, -0.1) is 0 Å². The molecule has 2 aromatic carbocycles. The van der Waals surface area contributed by atoms with Gasteiger partial charge in [0, 0.05) is 32.5 Å². The SMILES string of the molecule is COc1ccc(CC(NC(C)=O)C(=O)NC2CCN(S(=O)(=O)c3ccccc3C(F)(F)F)CC2)cc1. The van der Waals surface area contributed by atoms with Crippen LogP contribution in [-0.2, 0) is 32.2 Å². The summed E-state index contributed by atoms with van der Waals surface area (Å²) < 4.78 is 72.0. The van der Waals surface area contributed by atoms with E-state index >= 15 is 0 Å². The molecule has 0 saturated carbocycles. The zero-order valence-corrected chi connectivity index (χ0v) is 20.7. The van der Waals surface area contributed by atoms with Crippen LogP contribution in [0.15, 0.2) is 53.4 Å². The van der Waals surface area contributed by atoms with Crippen molar-refractivity contribution in [3.05, 3.63) is 59.7 Å². The molecule has 1 aliphatic rings. The molecule has 8 nitrogen and oxygen atoms in total. The topological polar surface area (TPSA) is 105 Å². The van der Waals surface area contributed by atoms with Crippen molar-refractivity contribution >= 4 is 21.8 Å². The quantitative estimate of drug-likeness (QED) is 0.550. The predicted octanol–water partition coefficient (Wildman–Crippen LogP) is 2.73. The number of benzene rings is 2. The van der Waals surface area contributed by atoms with Crippen molar-refractivity contribution < 1.29 is 35.9 Å². The highest BCUT2D eigenvalue weighted by atomic mass is 32.2. The summed E-state index contributed by atoms with van der Waals surface area (Å²) in [5.74, 6) is -0.156. The van der Waals surface area contributed by atoms with E-state index in [1.54, 1.807) is 24.3 Å². The minimum absolute atomic E-state index is 0.0528. The number of nitrogens with one attached hydrogen (secondary N) is 2. The van der Waals surface area contributed by atoms with E-state index in [0.29, 0.717) is 5.75 Å². The van der Waals surface area contributed by atoms with Crippen LogP contribution in [-0.4, -0.2) is 56.8 Å². The first-order valence-electron chi connectivity index (χ1n) is 11.3. The summed E-state index contributed by atoms with van der Waals surface area (Å²) in [6, 6.07) is 9.88. The summed E-state index contributed by atoms with van der Waals surface area (Å²) in [5.41, 5.74) is -0.411. The van der Waals surface area contributed by atoms with Gasteiger partial charge in [0.05, 0.1) is 17.6 Å². The summed E-state index contributed by atoms with van der Waals surface area (Å²) in [7, 11) is -2.84. The van der Waals surface area contributed by atoms with Gasteiger partial charge in [0.1, 0.15) is 11.8 Å². The number of nitrogens with zero attached hydrogens (tertiary/aromatic N) is 1. The lowest BCUT2D eigenvalue weighted by molar-refractivity contribution is -0.140. The molecular weight excluding hydrogens is 499 g/mol. The Balaban J connectivity index is 1.65. The molecule has 36 heavy (non-hydrogen) atoms. The lowest BCUT2D eigenvalue weighted by atomic mass is 10.0. The normalized spacial score (nSPS) is 16.2. The monoisotopic (exact) mass is 527 g/mol. The molecule has 196 valence electrons. The van der Waals surface area contributed by atoms with E-state index in [0.717, 1.165) is 28.1 Å². The van der Waals surface area contributed by atoms with Gasteiger partial charge in [-0.3, -0.25) is 9.59 Å². The van der Waals surface area contributed by atoms with Crippen molar-refractivity contribution in [1.82, 2.24) is 14.9 Å². The molecule has 3 rings (SSSR count). The van der Waals surface area contributed by atoms with E-state index in [2.05, 4.69) is 10.6 Å². The molecule has 0 bridgehead atoms. The first kappa shape index (κ1) is 27.5. The Morgan fingerprint density at radius 3 is 2.25 bits per heavy atom. The van der Waals surface area contributed by atoms with Gasteiger partial charge in [-0.1, -0.05) is 24.3 Å². The molecule has 2 aromatic rings. The van der Waals surface area contributed by atoms with E-state index in [1.165, 1.54) is 20.1 Å². The van der Waals surface area contributed by atoms with E-state index in [9.17, 15) is 31.2 Å². The largest absolute Gasteiger partial charge is 0.497 e. The van der Waals surface area contributed by atoms with E-state index in [4.69, 9.17) is 4.74 Å². The van der Waals surface area contributed by atoms with Crippen LogP contribution >= 0.6 is 0 Å². The molecule has 1 unspecified atom stereocenters. The Morgan fingerprint density at radius 2 is 1.69 bits per heavy atom. The molecule has 1 heterocycles. The van der Waals surface area contributed by atoms with E-state index in [-0.39, 0.29) is 38.3 Å². The fourth-order valence-electron chi connectivity index (χ4n) is 4.06. The Hall–Kier alpha value is -3.12. The molecule has 1 saturated heterocycles. The van der Waals surface area contributed by atoms with Gasteiger partial charge >= 0.3 is 6.18 Å². The highest BCUT2D eigenvalue weighted by molar-refractivity contribution is 7.89. The van der Waals surface area contributed by atoms with Gasteiger partial charge in [-0.05, 0) is 42.7 Å². The maximum absolute atomic E-state index is 13.3. The predicted molar refractivity (Wildman–Crippen MR) is 126 cm³/mol. The number of piperidine rings is 1. The van der Waals surface area contributed by atoms with Crippen LogP contribution in [0.1, 0.15) is 30.9 Å². The minimum atomic E-state index is -4.81.